The van der Waals surface area contributed by atoms with Gasteiger partial charge in [0, 0.05) is 39.6 Å². The molecule has 1 aliphatic carbocycles. The summed E-state index contributed by atoms with van der Waals surface area (Å²) in [7, 11) is 0. The molecule has 2 aromatic rings. The quantitative estimate of drug-likeness (QED) is 0.602. The van der Waals surface area contributed by atoms with E-state index in [4.69, 9.17) is 5.73 Å². The summed E-state index contributed by atoms with van der Waals surface area (Å²) in [5, 5.41) is 13.2. The van der Waals surface area contributed by atoms with Crippen LogP contribution in [0.3, 0.4) is 0 Å². The Morgan fingerprint density at radius 3 is 2.64 bits per heavy atom. The molecule has 2 aliphatic heterocycles. The van der Waals surface area contributed by atoms with E-state index in [-0.39, 0.29) is 29.0 Å². The van der Waals surface area contributed by atoms with E-state index in [2.05, 4.69) is 32.3 Å². The van der Waals surface area contributed by atoms with Crippen LogP contribution in [0.4, 0.5) is 11.5 Å². The third-order valence-corrected chi connectivity index (χ3v) is 7.06. The molecule has 1 aromatic carbocycles. The van der Waals surface area contributed by atoms with Crippen LogP contribution in [0.15, 0.2) is 63.7 Å². The van der Waals surface area contributed by atoms with Gasteiger partial charge in [-0.3, -0.25) is 14.5 Å². The number of hydrogen-bond acceptors (Lipinski definition) is 6. The fraction of sp³-hybridized carbons (Fsp3) is 0.280. The summed E-state index contributed by atoms with van der Waals surface area (Å²) < 4.78 is 0.789. The van der Waals surface area contributed by atoms with Crippen molar-refractivity contribution in [2.75, 3.05) is 10.2 Å². The summed E-state index contributed by atoms with van der Waals surface area (Å²) in [6.07, 6.45) is 2.40. The molecule has 1 spiro atoms. The number of ketones is 1. The standard InChI is InChI=1S/C25H22BrN5O2/c1-13-4-6-17-15(8-13)25(23(33)30-17)16(11-27)22(28)31(20-7-5-14(26)12-29-20)18-9-24(2,3)10-19(32)21(18)25/h4-8,12H,9-10,28H2,1-3H3,(H,30,33)/t25-/m0/s1. The highest BCUT2D eigenvalue weighted by molar-refractivity contribution is 9.10. The van der Waals surface area contributed by atoms with Crippen LogP contribution in [-0.4, -0.2) is 16.7 Å². The Morgan fingerprint density at radius 2 is 1.97 bits per heavy atom. The van der Waals surface area contributed by atoms with Crippen LogP contribution in [0.5, 0.6) is 0 Å². The van der Waals surface area contributed by atoms with Gasteiger partial charge in [0.2, 0.25) is 5.91 Å². The van der Waals surface area contributed by atoms with E-state index in [9.17, 15) is 14.9 Å². The van der Waals surface area contributed by atoms with Gasteiger partial charge < -0.3 is 11.1 Å². The van der Waals surface area contributed by atoms with Gasteiger partial charge in [0.05, 0.1) is 5.57 Å². The lowest BCUT2D eigenvalue weighted by atomic mass is 9.60. The number of nitrogens with zero attached hydrogens (tertiary/aromatic N) is 3. The maximum atomic E-state index is 13.8. The van der Waals surface area contributed by atoms with Crippen molar-refractivity contribution in [1.29, 1.82) is 5.26 Å². The minimum atomic E-state index is -1.57. The lowest BCUT2D eigenvalue weighted by molar-refractivity contribution is -0.123. The average Bonchev–Trinajstić information content (AvgIpc) is 3.00. The Kier molecular flexibility index (Phi) is 4.56. The third kappa shape index (κ3) is 2.89. The maximum Gasteiger partial charge on any atom is 0.245 e. The second-order valence-corrected chi connectivity index (χ2v) is 10.5. The molecule has 33 heavy (non-hydrogen) atoms. The van der Waals surface area contributed by atoms with E-state index in [0.29, 0.717) is 34.8 Å². The Labute approximate surface area is 200 Å². The van der Waals surface area contributed by atoms with Crippen molar-refractivity contribution >= 4 is 39.1 Å². The lowest BCUT2D eigenvalue weighted by Gasteiger charge is -2.46. The van der Waals surface area contributed by atoms with E-state index >= 15 is 0 Å². The van der Waals surface area contributed by atoms with Gasteiger partial charge in [-0.05, 0) is 52.9 Å². The molecule has 3 aliphatic rings. The minimum Gasteiger partial charge on any atom is -0.384 e. The van der Waals surface area contributed by atoms with Crippen molar-refractivity contribution < 1.29 is 9.59 Å². The highest BCUT2D eigenvalue weighted by Gasteiger charge is 2.61. The molecule has 0 fully saturated rings. The first kappa shape index (κ1) is 21.4. The number of anilines is 2. The summed E-state index contributed by atoms with van der Waals surface area (Å²) >= 11 is 3.39. The predicted molar refractivity (Wildman–Crippen MR) is 128 cm³/mol. The Balaban J connectivity index is 1.90. The van der Waals surface area contributed by atoms with Gasteiger partial charge in [-0.15, -0.1) is 0 Å². The fourth-order valence-electron chi connectivity index (χ4n) is 5.29. The number of aromatic nitrogens is 1. The molecule has 3 N–H and O–H groups in total. The van der Waals surface area contributed by atoms with Crippen molar-refractivity contribution in [3.8, 4) is 6.07 Å². The smallest absolute Gasteiger partial charge is 0.245 e. The topological polar surface area (TPSA) is 112 Å². The molecular formula is C25H22BrN5O2. The summed E-state index contributed by atoms with van der Waals surface area (Å²) in [4.78, 5) is 33.6. The molecule has 8 heteroatoms. The van der Waals surface area contributed by atoms with Gasteiger partial charge >= 0.3 is 0 Å². The average molecular weight is 504 g/mol. The van der Waals surface area contributed by atoms with Gasteiger partial charge in [0.1, 0.15) is 23.1 Å². The molecule has 0 radical (unpaired) electrons. The van der Waals surface area contributed by atoms with Gasteiger partial charge in [0.25, 0.3) is 0 Å². The SMILES string of the molecule is Cc1ccc2c(c1)[C@]1(C(=O)N2)C(C#N)=C(N)N(c2ccc(Br)cn2)C2=C1C(=O)CC(C)(C)C2. The number of carbonyl (C=O) groups is 2. The van der Waals surface area contributed by atoms with E-state index in [1.165, 1.54) is 0 Å². The van der Waals surface area contributed by atoms with Crippen molar-refractivity contribution in [3.05, 3.63) is 74.8 Å². The number of fused-ring (bicyclic) bond motifs is 3. The predicted octanol–water partition coefficient (Wildman–Crippen LogP) is 4.20. The van der Waals surface area contributed by atoms with Crippen molar-refractivity contribution in [3.63, 3.8) is 0 Å². The first-order valence-corrected chi connectivity index (χ1v) is 11.4. The number of benzene rings is 1. The summed E-state index contributed by atoms with van der Waals surface area (Å²) in [6, 6.07) is 11.3. The lowest BCUT2D eigenvalue weighted by Crippen LogP contribution is -2.52. The monoisotopic (exact) mass is 503 g/mol. The normalized spacial score (nSPS) is 23.4. The number of halogens is 1. The number of nitrogens with one attached hydrogen (secondary N) is 1. The first-order chi connectivity index (χ1) is 15.6. The zero-order chi connectivity index (χ0) is 23.7. The number of nitrogens with two attached hydrogens (primary N) is 1. The molecule has 0 unspecified atom stereocenters. The van der Waals surface area contributed by atoms with E-state index in [1.54, 1.807) is 17.2 Å². The molecule has 5 rings (SSSR count). The highest BCUT2D eigenvalue weighted by Crippen LogP contribution is 2.57. The number of allylic oxidation sites excluding steroid dienone is 1. The fourth-order valence-corrected chi connectivity index (χ4v) is 5.53. The van der Waals surface area contributed by atoms with Crippen molar-refractivity contribution in [2.24, 2.45) is 11.1 Å². The zero-order valence-electron chi connectivity index (χ0n) is 18.5. The number of nitriles is 1. The molecule has 1 atom stereocenters. The number of aryl methyl sites for hydroxylation is 1. The molecule has 7 nitrogen and oxygen atoms in total. The minimum absolute atomic E-state index is 0.0425. The van der Waals surface area contributed by atoms with Crippen LogP contribution in [0, 0.1) is 23.7 Å². The van der Waals surface area contributed by atoms with E-state index < -0.39 is 11.3 Å². The number of carbonyl (C=O) groups excluding carboxylic acids is 2. The van der Waals surface area contributed by atoms with Crippen LogP contribution in [0.2, 0.25) is 0 Å². The number of rotatable bonds is 1. The molecule has 0 bridgehead atoms. The van der Waals surface area contributed by atoms with E-state index in [0.717, 1.165) is 10.0 Å². The molecule has 166 valence electrons. The van der Waals surface area contributed by atoms with Gasteiger partial charge in [0.15, 0.2) is 5.78 Å². The summed E-state index contributed by atoms with van der Waals surface area (Å²) in [5.74, 6) is 0.0138. The first-order valence-electron chi connectivity index (χ1n) is 10.6. The largest absolute Gasteiger partial charge is 0.384 e. The second kappa shape index (κ2) is 7.03. The van der Waals surface area contributed by atoms with Crippen LogP contribution >= 0.6 is 15.9 Å². The number of Topliss-reactive ketones (excluding diaryl/α,β-unsaturated/α-hetero) is 1. The second-order valence-electron chi connectivity index (χ2n) is 9.56. The van der Waals surface area contributed by atoms with E-state index in [1.807, 2.05) is 45.0 Å². The molecule has 0 saturated carbocycles. The van der Waals surface area contributed by atoms with Crippen LogP contribution in [0.1, 0.15) is 37.8 Å². The molecule has 1 aromatic heterocycles. The Hall–Kier alpha value is -3.44. The van der Waals surface area contributed by atoms with Gasteiger partial charge in [-0.1, -0.05) is 31.5 Å². The number of pyridine rings is 1. The molecule has 1 amide bonds. The highest BCUT2D eigenvalue weighted by atomic mass is 79.9. The Morgan fingerprint density at radius 1 is 1.21 bits per heavy atom. The third-order valence-electron chi connectivity index (χ3n) is 6.59. The van der Waals surface area contributed by atoms with Crippen LogP contribution in [0.25, 0.3) is 0 Å². The molecular weight excluding hydrogens is 482 g/mol. The zero-order valence-corrected chi connectivity index (χ0v) is 20.1. The number of hydrogen-bond donors (Lipinski definition) is 2. The summed E-state index contributed by atoms with van der Waals surface area (Å²) in [5.41, 5.74) is 7.82. The van der Waals surface area contributed by atoms with Crippen LogP contribution < -0.4 is 16.0 Å². The van der Waals surface area contributed by atoms with Crippen molar-refractivity contribution in [1.82, 2.24) is 4.98 Å². The maximum absolute atomic E-state index is 13.8. The summed E-state index contributed by atoms with van der Waals surface area (Å²) in [6.45, 7) is 5.94. The van der Waals surface area contributed by atoms with Gasteiger partial charge in [-0.25, -0.2) is 4.98 Å². The molecule has 3 heterocycles. The van der Waals surface area contributed by atoms with Gasteiger partial charge in [-0.2, -0.15) is 5.26 Å². The van der Waals surface area contributed by atoms with Crippen molar-refractivity contribution in [2.45, 2.75) is 39.0 Å². The van der Waals surface area contributed by atoms with Crippen LogP contribution in [-0.2, 0) is 15.0 Å². The Bertz CT molecular complexity index is 1350. The molecule has 0 saturated heterocycles. The number of amides is 1.